The van der Waals surface area contributed by atoms with Gasteiger partial charge in [0.2, 0.25) is 0 Å². The van der Waals surface area contributed by atoms with Gasteiger partial charge < -0.3 is 4.74 Å². The molecule has 2 nitrogen and oxygen atoms in total. The molecular weight excluding hydrogens is 272 g/mol. The molecule has 0 unspecified atom stereocenters. The molecule has 0 heterocycles. The lowest BCUT2D eigenvalue weighted by Crippen LogP contribution is -2.07. The van der Waals surface area contributed by atoms with Crippen molar-refractivity contribution in [3.05, 3.63) is 34.9 Å². The van der Waals surface area contributed by atoms with Crippen LogP contribution in [0.2, 0.25) is 0 Å². The van der Waals surface area contributed by atoms with E-state index in [2.05, 4.69) is 35.8 Å². The van der Waals surface area contributed by atoms with E-state index in [-0.39, 0.29) is 5.97 Å². The average molecular weight is 294 g/mol. The van der Waals surface area contributed by atoms with Gasteiger partial charge in [-0.2, -0.15) is 0 Å². The summed E-state index contributed by atoms with van der Waals surface area (Å²) < 4.78 is 4.93. The zero-order valence-electron chi connectivity index (χ0n) is 13.2. The van der Waals surface area contributed by atoms with Gasteiger partial charge in [0, 0.05) is 12.8 Å². The van der Waals surface area contributed by atoms with E-state index in [0.29, 0.717) is 0 Å². The Morgan fingerprint density at radius 1 is 1.00 bits per heavy atom. The summed E-state index contributed by atoms with van der Waals surface area (Å²) in [7, 11) is 1.44. The molecule has 0 atom stereocenters. The van der Waals surface area contributed by atoms with E-state index < -0.39 is 0 Å². The van der Waals surface area contributed by atoms with Crippen LogP contribution >= 0.6 is 0 Å². The Morgan fingerprint density at radius 2 is 1.68 bits per heavy atom. The minimum atomic E-state index is -0.233. The highest BCUT2D eigenvalue weighted by Crippen LogP contribution is 2.18. The summed E-state index contributed by atoms with van der Waals surface area (Å²) in [5, 5.41) is 0. The number of hydrogen-bond acceptors (Lipinski definition) is 2. The first kappa shape index (κ1) is 16.2. The highest BCUT2D eigenvalue weighted by Gasteiger charge is 2.12. The van der Waals surface area contributed by atoms with Crippen LogP contribution in [0.3, 0.4) is 0 Å². The van der Waals surface area contributed by atoms with E-state index >= 15 is 0 Å². The minimum absolute atomic E-state index is 0.233. The number of aryl methyl sites for hydroxylation is 2. The number of ether oxygens (including phenoxy) is 1. The molecule has 2 aliphatic carbocycles. The van der Waals surface area contributed by atoms with Gasteiger partial charge in [0.1, 0.15) is 0 Å². The Kier molecular flexibility index (Phi) is 6.59. The third-order valence-electron chi connectivity index (χ3n) is 3.83. The van der Waals surface area contributed by atoms with E-state index in [1.807, 2.05) is 6.07 Å². The lowest BCUT2D eigenvalue weighted by Gasteiger charge is -2.10. The molecule has 1 aromatic rings. The van der Waals surface area contributed by atoms with Crippen molar-refractivity contribution >= 4 is 5.97 Å². The van der Waals surface area contributed by atoms with Crippen molar-refractivity contribution < 1.29 is 9.53 Å². The maximum Gasteiger partial charge on any atom is 0.338 e. The van der Waals surface area contributed by atoms with Crippen molar-refractivity contribution in [2.75, 3.05) is 7.11 Å². The Balaban J connectivity index is 2.18. The molecule has 0 fully saturated rings. The predicted molar refractivity (Wildman–Crippen MR) is 88.4 cm³/mol. The first-order valence-electron chi connectivity index (χ1n) is 7.97. The van der Waals surface area contributed by atoms with Gasteiger partial charge in [-0.3, -0.25) is 0 Å². The standard InChI is InChI=1S/C20H22O2/c1-22-20(21)19-16-17-12-10-8-6-4-2-3-5-7-9-11-13-18(19)15-14-17/h14-16H,6-13H2,1H3. The first-order chi connectivity index (χ1) is 10.8. The fourth-order valence-corrected chi connectivity index (χ4v) is 2.58. The minimum Gasteiger partial charge on any atom is -0.465 e. The number of esters is 1. The second-order valence-corrected chi connectivity index (χ2v) is 5.50. The van der Waals surface area contributed by atoms with Crippen molar-refractivity contribution in [3.8, 4) is 23.7 Å². The number of benzene rings is 1. The second-order valence-electron chi connectivity index (χ2n) is 5.50. The molecule has 0 aliphatic heterocycles. The summed E-state index contributed by atoms with van der Waals surface area (Å²) in [5.74, 6) is 11.8. The Bertz CT molecular complexity index is 635. The van der Waals surface area contributed by atoms with Gasteiger partial charge in [0.25, 0.3) is 0 Å². The Labute approximate surface area is 133 Å². The first-order valence-corrected chi connectivity index (χ1v) is 7.97. The second kappa shape index (κ2) is 8.96. The van der Waals surface area contributed by atoms with Gasteiger partial charge in [0.05, 0.1) is 12.7 Å². The number of carbonyl (C=O) groups is 1. The number of fused-ring (bicyclic) bond motifs is 11. The van der Waals surface area contributed by atoms with Crippen LogP contribution in [0.1, 0.15) is 60.0 Å². The molecular formula is C20H22O2. The summed E-state index contributed by atoms with van der Waals surface area (Å²) >= 11 is 0. The molecule has 0 saturated heterocycles. The van der Waals surface area contributed by atoms with Crippen LogP contribution in [-0.4, -0.2) is 13.1 Å². The van der Waals surface area contributed by atoms with E-state index in [1.54, 1.807) is 0 Å². The third kappa shape index (κ3) is 4.97. The molecule has 0 saturated carbocycles. The summed E-state index contributed by atoms with van der Waals surface area (Å²) in [5.41, 5.74) is 3.00. The van der Waals surface area contributed by atoms with Gasteiger partial charge in [-0.1, -0.05) is 24.0 Å². The monoisotopic (exact) mass is 294 g/mol. The number of rotatable bonds is 1. The molecule has 22 heavy (non-hydrogen) atoms. The normalized spacial score (nSPS) is 15.1. The van der Waals surface area contributed by atoms with Crippen molar-refractivity contribution in [2.45, 2.75) is 51.4 Å². The molecule has 0 N–H and O–H groups in total. The zero-order valence-corrected chi connectivity index (χ0v) is 13.2. The fourth-order valence-electron chi connectivity index (χ4n) is 2.58. The SMILES string of the molecule is COC(=O)c1cc2ccc1CCCCC#CC#CCCCC2. The summed E-state index contributed by atoms with van der Waals surface area (Å²) in [6.45, 7) is 0. The van der Waals surface area contributed by atoms with Gasteiger partial charge >= 0.3 is 5.97 Å². The largest absolute Gasteiger partial charge is 0.465 e. The van der Waals surface area contributed by atoms with E-state index in [0.717, 1.165) is 62.5 Å². The fraction of sp³-hybridized carbons (Fsp3) is 0.450. The lowest BCUT2D eigenvalue weighted by molar-refractivity contribution is 0.0599. The van der Waals surface area contributed by atoms with Crippen LogP contribution in [0, 0.1) is 23.7 Å². The predicted octanol–water partition coefficient (Wildman–Crippen LogP) is 3.92. The van der Waals surface area contributed by atoms with Crippen LogP contribution in [0.25, 0.3) is 0 Å². The van der Waals surface area contributed by atoms with Crippen molar-refractivity contribution in [1.82, 2.24) is 0 Å². The van der Waals surface area contributed by atoms with Gasteiger partial charge in [-0.25, -0.2) is 4.79 Å². The topological polar surface area (TPSA) is 26.3 Å². The summed E-state index contributed by atoms with van der Waals surface area (Å²) in [6, 6.07) is 6.22. The molecule has 2 heteroatoms. The van der Waals surface area contributed by atoms with Crippen molar-refractivity contribution in [1.29, 1.82) is 0 Å². The molecule has 0 amide bonds. The molecule has 0 radical (unpaired) electrons. The maximum atomic E-state index is 12.0. The van der Waals surface area contributed by atoms with Crippen LogP contribution < -0.4 is 0 Å². The maximum absolute atomic E-state index is 12.0. The van der Waals surface area contributed by atoms with E-state index in [1.165, 1.54) is 12.7 Å². The van der Waals surface area contributed by atoms with Crippen LogP contribution in [0.4, 0.5) is 0 Å². The average Bonchev–Trinajstić information content (AvgIpc) is 2.54. The smallest absolute Gasteiger partial charge is 0.338 e. The summed E-state index contributed by atoms with van der Waals surface area (Å²) in [4.78, 5) is 12.0. The van der Waals surface area contributed by atoms with Gasteiger partial charge in [-0.05, 0) is 67.6 Å². The molecule has 0 spiro atoms. The van der Waals surface area contributed by atoms with Crippen LogP contribution in [-0.2, 0) is 17.6 Å². The van der Waals surface area contributed by atoms with Crippen LogP contribution in [0.15, 0.2) is 18.2 Å². The number of methoxy groups -OCH3 is 1. The quantitative estimate of drug-likeness (QED) is 0.579. The highest BCUT2D eigenvalue weighted by molar-refractivity contribution is 5.91. The Hall–Kier alpha value is -2.19. The molecule has 1 aromatic carbocycles. The van der Waals surface area contributed by atoms with E-state index in [4.69, 9.17) is 4.74 Å². The van der Waals surface area contributed by atoms with Gasteiger partial charge in [0.15, 0.2) is 0 Å². The number of hydrogen-bond donors (Lipinski definition) is 0. The molecule has 0 aromatic heterocycles. The van der Waals surface area contributed by atoms with Gasteiger partial charge in [-0.15, -0.1) is 0 Å². The van der Waals surface area contributed by atoms with Crippen molar-refractivity contribution in [3.63, 3.8) is 0 Å². The zero-order chi connectivity index (χ0) is 15.6. The highest BCUT2D eigenvalue weighted by atomic mass is 16.5. The molecule has 2 bridgehead atoms. The van der Waals surface area contributed by atoms with E-state index in [9.17, 15) is 4.79 Å². The lowest BCUT2D eigenvalue weighted by atomic mass is 9.96. The van der Waals surface area contributed by atoms with Crippen molar-refractivity contribution in [2.24, 2.45) is 0 Å². The molecule has 3 rings (SSSR count). The molecule has 114 valence electrons. The van der Waals surface area contributed by atoms with Crippen LogP contribution in [0.5, 0.6) is 0 Å². The Morgan fingerprint density at radius 3 is 2.36 bits per heavy atom. The third-order valence-corrected chi connectivity index (χ3v) is 3.83. The summed E-state index contributed by atoms with van der Waals surface area (Å²) in [6.07, 6.45) is 7.78. The number of carbonyl (C=O) groups excluding carboxylic acids is 1. The molecule has 2 aliphatic rings.